The largest absolute Gasteiger partial charge is 0.369 e. The number of aromatic nitrogens is 2. The van der Waals surface area contributed by atoms with Gasteiger partial charge in [-0.1, -0.05) is 15.9 Å². The van der Waals surface area contributed by atoms with Crippen molar-refractivity contribution >= 4 is 38.6 Å². The zero-order valence-corrected chi connectivity index (χ0v) is 14.9. The highest BCUT2D eigenvalue weighted by Gasteiger charge is 2.06. The molecule has 1 amide bonds. The monoisotopic (exact) mass is 402 g/mol. The molecule has 0 radical (unpaired) electrons. The molecular formula is C18H16BrFN4O. The first kappa shape index (κ1) is 17.3. The van der Waals surface area contributed by atoms with E-state index in [0.717, 1.165) is 4.47 Å². The van der Waals surface area contributed by atoms with Crippen molar-refractivity contribution in [3.63, 3.8) is 0 Å². The fraction of sp³-hybridized carbons (Fsp3) is 0.167. The summed E-state index contributed by atoms with van der Waals surface area (Å²) < 4.78 is 14.3. The molecular weight excluding hydrogens is 387 g/mol. The second-order valence-corrected chi connectivity index (χ2v) is 6.34. The number of carbonyl (C=O) groups excluding carboxylic acids is 1. The fourth-order valence-electron chi connectivity index (χ4n) is 2.37. The van der Waals surface area contributed by atoms with Crippen molar-refractivity contribution in [2.45, 2.75) is 6.42 Å². The van der Waals surface area contributed by atoms with Gasteiger partial charge >= 0.3 is 0 Å². The minimum absolute atomic E-state index is 0.109. The Morgan fingerprint density at radius 3 is 2.68 bits per heavy atom. The number of halogens is 2. The van der Waals surface area contributed by atoms with Gasteiger partial charge in [0.25, 0.3) is 5.91 Å². The van der Waals surface area contributed by atoms with Gasteiger partial charge in [-0.15, -0.1) is 0 Å². The zero-order chi connectivity index (χ0) is 17.6. The summed E-state index contributed by atoms with van der Waals surface area (Å²) in [6, 6.07) is 11.6. The summed E-state index contributed by atoms with van der Waals surface area (Å²) in [5.41, 5.74) is 1.30. The van der Waals surface area contributed by atoms with E-state index in [1.54, 1.807) is 18.2 Å². The van der Waals surface area contributed by atoms with Gasteiger partial charge in [0, 0.05) is 28.5 Å². The summed E-state index contributed by atoms with van der Waals surface area (Å²) in [5, 5.41) is 6.66. The van der Waals surface area contributed by atoms with E-state index in [2.05, 4.69) is 36.5 Å². The first-order chi connectivity index (χ1) is 12.1. The number of benzene rings is 2. The van der Waals surface area contributed by atoms with Crippen LogP contribution in [0.2, 0.25) is 0 Å². The molecule has 5 nitrogen and oxygen atoms in total. The Kier molecular flexibility index (Phi) is 5.55. The normalized spacial score (nSPS) is 10.6. The van der Waals surface area contributed by atoms with Gasteiger partial charge in [-0.05, 0) is 48.9 Å². The van der Waals surface area contributed by atoms with Gasteiger partial charge in [0.2, 0.25) is 0 Å². The molecule has 2 aromatic carbocycles. The lowest BCUT2D eigenvalue weighted by molar-refractivity contribution is 0.0953. The Labute approximate surface area is 152 Å². The minimum atomic E-state index is -0.327. The van der Waals surface area contributed by atoms with Crippen LogP contribution in [0, 0.1) is 5.82 Å². The number of fused-ring (bicyclic) bond motifs is 1. The van der Waals surface area contributed by atoms with E-state index in [9.17, 15) is 9.18 Å². The lowest BCUT2D eigenvalue weighted by atomic mass is 10.2. The van der Waals surface area contributed by atoms with Crippen molar-refractivity contribution in [1.29, 1.82) is 0 Å². The van der Waals surface area contributed by atoms with Gasteiger partial charge in [0.1, 0.15) is 18.0 Å². The molecule has 1 heterocycles. The molecule has 128 valence electrons. The number of nitrogens with one attached hydrogen (secondary N) is 2. The van der Waals surface area contributed by atoms with E-state index >= 15 is 0 Å². The van der Waals surface area contributed by atoms with Crippen molar-refractivity contribution in [2.75, 3.05) is 18.4 Å². The molecule has 7 heteroatoms. The number of hydrogen-bond donors (Lipinski definition) is 2. The fourth-order valence-corrected chi connectivity index (χ4v) is 2.63. The SMILES string of the molecule is O=C(NCCCNc1ncnc2ccc(F)cc12)c1ccc(Br)cc1. The zero-order valence-electron chi connectivity index (χ0n) is 13.3. The Hall–Kier alpha value is -2.54. The van der Waals surface area contributed by atoms with Crippen molar-refractivity contribution < 1.29 is 9.18 Å². The number of hydrogen-bond acceptors (Lipinski definition) is 4. The first-order valence-electron chi connectivity index (χ1n) is 7.81. The molecule has 1 aromatic heterocycles. The molecule has 0 aliphatic rings. The van der Waals surface area contributed by atoms with Crippen molar-refractivity contribution in [1.82, 2.24) is 15.3 Å². The maximum atomic E-state index is 13.4. The molecule has 3 rings (SSSR count). The highest BCUT2D eigenvalue weighted by atomic mass is 79.9. The molecule has 25 heavy (non-hydrogen) atoms. The molecule has 0 unspecified atom stereocenters. The molecule has 0 spiro atoms. The second kappa shape index (κ2) is 8.02. The van der Waals surface area contributed by atoms with Crippen LogP contribution in [0.4, 0.5) is 10.2 Å². The molecule has 0 bridgehead atoms. The van der Waals surface area contributed by atoms with Crippen molar-refractivity contribution in [3.8, 4) is 0 Å². The van der Waals surface area contributed by atoms with Gasteiger partial charge in [-0.25, -0.2) is 14.4 Å². The standard InChI is InChI=1S/C18H16BrFN4O/c19-13-4-2-12(3-5-13)18(25)22-9-1-8-21-17-15-10-14(20)6-7-16(15)23-11-24-17/h2-7,10-11H,1,8-9H2,(H,22,25)(H,21,23,24). The Morgan fingerprint density at radius 2 is 1.88 bits per heavy atom. The van der Waals surface area contributed by atoms with Crippen LogP contribution in [0.1, 0.15) is 16.8 Å². The van der Waals surface area contributed by atoms with Gasteiger partial charge in [0.05, 0.1) is 5.52 Å². The summed E-state index contributed by atoms with van der Waals surface area (Å²) in [4.78, 5) is 20.3. The van der Waals surface area contributed by atoms with Crippen LogP contribution >= 0.6 is 15.9 Å². The summed E-state index contributed by atoms with van der Waals surface area (Å²) in [7, 11) is 0. The van der Waals surface area contributed by atoms with Crippen LogP contribution in [0.25, 0.3) is 10.9 Å². The topological polar surface area (TPSA) is 66.9 Å². The van der Waals surface area contributed by atoms with E-state index < -0.39 is 0 Å². The maximum absolute atomic E-state index is 13.4. The van der Waals surface area contributed by atoms with Crippen LogP contribution in [0.3, 0.4) is 0 Å². The number of amides is 1. The highest BCUT2D eigenvalue weighted by Crippen LogP contribution is 2.19. The number of anilines is 1. The predicted molar refractivity (Wildman–Crippen MR) is 99.1 cm³/mol. The number of rotatable bonds is 6. The third-order valence-electron chi connectivity index (χ3n) is 3.64. The summed E-state index contributed by atoms with van der Waals surface area (Å²) >= 11 is 3.34. The average Bonchev–Trinajstić information content (AvgIpc) is 2.62. The first-order valence-corrected chi connectivity index (χ1v) is 8.61. The molecule has 0 fully saturated rings. The summed E-state index contributed by atoms with van der Waals surface area (Å²) in [5.74, 6) is 0.151. The number of carbonyl (C=O) groups is 1. The van der Waals surface area contributed by atoms with Crippen LogP contribution in [0.15, 0.2) is 53.3 Å². The van der Waals surface area contributed by atoms with Gasteiger partial charge in [0.15, 0.2) is 0 Å². The number of nitrogens with zero attached hydrogens (tertiary/aromatic N) is 2. The highest BCUT2D eigenvalue weighted by molar-refractivity contribution is 9.10. The van der Waals surface area contributed by atoms with Gasteiger partial charge < -0.3 is 10.6 Å². The second-order valence-electron chi connectivity index (χ2n) is 5.43. The molecule has 0 saturated heterocycles. The quantitative estimate of drug-likeness (QED) is 0.615. The average molecular weight is 403 g/mol. The summed E-state index contributed by atoms with van der Waals surface area (Å²) in [6.07, 6.45) is 2.15. The van der Waals surface area contributed by atoms with Gasteiger partial charge in [-0.3, -0.25) is 4.79 Å². The van der Waals surface area contributed by atoms with E-state index in [4.69, 9.17) is 0 Å². The van der Waals surface area contributed by atoms with E-state index in [1.165, 1.54) is 18.5 Å². The maximum Gasteiger partial charge on any atom is 0.251 e. The molecule has 3 aromatic rings. The van der Waals surface area contributed by atoms with Crippen molar-refractivity contribution in [3.05, 3.63) is 64.6 Å². The molecule has 2 N–H and O–H groups in total. The molecule has 0 saturated carbocycles. The third-order valence-corrected chi connectivity index (χ3v) is 4.16. The Bertz CT molecular complexity index is 886. The van der Waals surface area contributed by atoms with Crippen LogP contribution in [-0.4, -0.2) is 29.0 Å². The molecule has 0 aliphatic heterocycles. The van der Waals surface area contributed by atoms with Gasteiger partial charge in [-0.2, -0.15) is 0 Å². The van der Waals surface area contributed by atoms with Crippen LogP contribution in [0.5, 0.6) is 0 Å². The lowest BCUT2D eigenvalue weighted by Crippen LogP contribution is -2.25. The Balaban J connectivity index is 1.50. The van der Waals surface area contributed by atoms with Crippen LogP contribution in [-0.2, 0) is 0 Å². The van der Waals surface area contributed by atoms with E-state index in [1.807, 2.05) is 12.1 Å². The summed E-state index contributed by atoms with van der Waals surface area (Å²) in [6.45, 7) is 1.13. The molecule has 0 atom stereocenters. The van der Waals surface area contributed by atoms with E-state index in [-0.39, 0.29) is 11.7 Å². The Morgan fingerprint density at radius 1 is 1.08 bits per heavy atom. The van der Waals surface area contributed by atoms with Crippen LogP contribution < -0.4 is 10.6 Å². The van der Waals surface area contributed by atoms with E-state index in [0.29, 0.717) is 41.8 Å². The smallest absolute Gasteiger partial charge is 0.251 e. The predicted octanol–water partition coefficient (Wildman–Crippen LogP) is 3.76. The molecule has 0 aliphatic carbocycles. The lowest BCUT2D eigenvalue weighted by Gasteiger charge is -2.09. The van der Waals surface area contributed by atoms with Crippen molar-refractivity contribution in [2.24, 2.45) is 0 Å². The third kappa shape index (κ3) is 4.51. The minimum Gasteiger partial charge on any atom is -0.369 e.